The third-order valence-electron chi connectivity index (χ3n) is 2.26. The van der Waals surface area contributed by atoms with Crippen LogP contribution in [0.2, 0.25) is 0 Å². The monoisotopic (exact) mass is 200 g/mol. The molecule has 68 valence electrons. The summed E-state index contributed by atoms with van der Waals surface area (Å²) in [5.74, 6) is 0. The molecule has 0 fully saturated rings. The van der Waals surface area contributed by atoms with Crippen molar-refractivity contribution in [3.63, 3.8) is 0 Å². The Morgan fingerprint density at radius 2 is 2.21 bits per heavy atom. The predicted octanol–water partition coefficient (Wildman–Crippen LogP) is 3.29. The van der Waals surface area contributed by atoms with Crippen LogP contribution in [0.5, 0.6) is 0 Å². The molecule has 0 bridgehead atoms. The SMILES string of the molecule is c1ncc(-c2ccc3sccc3c2)[nH]1. The number of thiophene rings is 1. The van der Waals surface area contributed by atoms with Gasteiger partial charge in [-0.15, -0.1) is 11.3 Å². The summed E-state index contributed by atoms with van der Waals surface area (Å²) < 4.78 is 1.33. The van der Waals surface area contributed by atoms with E-state index < -0.39 is 0 Å². The molecule has 2 heterocycles. The van der Waals surface area contributed by atoms with E-state index >= 15 is 0 Å². The number of imidazole rings is 1. The first-order valence-corrected chi connectivity index (χ1v) is 5.27. The average molecular weight is 200 g/mol. The predicted molar refractivity (Wildman–Crippen MR) is 59.4 cm³/mol. The van der Waals surface area contributed by atoms with Crippen LogP contribution in [0.25, 0.3) is 21.3 Å². The lowest BCUT2D eigenvalue weighted by Gasteiger charge is -1.96. The first-order valence-electron chi connectivity index (χ1n) is 4.39. The molecular formula is C11H8N2S. The van der Waals surface area contributed by atoms with Crippen LogP contribution in [0.1, 0.15) is 0 Å². The molecule has 0 atom stereocenters. The number of hydrogen-bond acceptors (Lipinski definition) is 2. The molecule has 0 unspecified atom stereocenters. The zero-order valence-corrected chi connectivity index (χ0v) is 8.21. The largest absolute Gasteiger partial charge is 0.345 e. The third kappa shape index (κ3) is 1.14. The van der Waals surface area contributed by atoms with Gasteiger partial charge in [0.25, 0.3) is 0 Å². The fourth-order valence-corrected chi connectivity index (χ4v) is 2.32. The van der Waals surface area contributed by atoms with Crippen LogP contribution in [-0.4, -0.2) is 9.97 Å². The first kappa shape index (κ1) is 7.76. The lowest BCUT2D eigenvalue weighted by molar-refractivity contribution is 1.31. The highest BCUT2D eigenvalue weighted by molar-refractivity contribution is 7.17. The summed E-state index contributed by atoms with van der Waals surface area (Å²) in [6.07, 6.45) is 3.54. The zero-order valence-electron chi connectivity index (χ0n) is 7.40. The minimum atomic E-state index is 1.07. The maximum absolute atomic E-state index is 4.01. The number of benzene rings is 1. The molecule has 1 aromatic carbocycles. The summed E-state index contributed by atoms with van der Waals surface area (Å²) in [4.78, 5) is 7.12. The molecule has 1 N–H and O–H groups in total. The molecule has 2 aromatic heterocycles. The van der Waals surface area contributed by atoms with Crippen molar-refractivity contribution in [1.82, 2.24) is 9.97 Å². The summed E-state index contributed by atoms with van der Waals surface area (Å²) in [6.45, 7) is 0. The lowest BCUT2D eigenvalue weighted by atomic mass is 10.1. The summed E-state index contributed by atoms with van der Waals surface area (Å²) >= 11 is 1.77. The molecule has 3 heteroatoms. The number of aromatic nitrogens is 2. The van der Waals surface area contributed by atoms with Crippen LogP contribution in [-0.2, 0) is 0 Å². The van der Waals surface area contributed by atoms with Crippen LogP contribution >= 0.6 is 11.3 Å². The van der Waals surface area contributed by atoms with E-state index in [4.69, 9.17) is 0 Å². The van der Waals surface area contributed by atoms with Crippen LogP contribution in [0, 0.1) is 0 Å². The molecule has 0 radical (unpaired) electrons. The van der Waals surface area contributed by atoms with Crippen LogP contribution < -0.4 is 0 Å². The molecule has 2 nitrogen and oxygen atoms in total. The minimum absolute atomic E-state index is 1.07. The summed E-state index contributed by atoms with van der Waals surface area (Å²) in [5.41, 5.74) is 2.26. The highest BCUT2D eigenvalue weighted by Crippen LogP contribution is 2.25. The van der Waals surface area contributed by atoms with Gasteiger partial charge in [-0.25, -0.2) is 4.98 Å². The second kappa shape index (κ2) is 2.96. The van der Waals surface area contributed by atoms with Crippen molar-refractivity contribution >= 4 is 21.4 Å². The number of aromatic amines is 1. The third-order valence-corrected chi connectivity index (χ3v) is 3.16. The summed E-state index contributed by atoms with van der Waals surface area (Å²) in [7, 11) is 0. The van der Waals surface area contributed by atoms with Gasteiger partial charge in [0.1, 0.15) is 0 Å². The highest BCUT2D eigenvalue weighted by Gasteiger charge is 2.00. The number of hydrogen-bond donors (Lipinski definition) is 1. The topological polar surface area (TPSA) is 28.7 Å². The number of rotatable bonds is 1. The van der Waals surface area contributed by atoms with Gasteiger partial charge < -0.3 is 4.98 Å². The molecule has 0 amide bonds. The Labute approximate surface area is 85.2 Å². The van der Waals surface area contributed by atoms with Gasteiger partial charge in [-0.2, -0.15) is 0 Å². The molecule has 0 aliphatic rings. The molecule has 0 spiro atoms. The Morgan fingerprint density at radius 3 is 3.07 bits per heavy atom. The lowest BCUT2D eigenvalue weighted by Crippen LogP contribution is -1.75. The molecular weight excluding hydrogens is 192 g/mol. The second-order valence-electron chi connectivity index (χ2n) is 3.14. The van der Waals surface area contributed by atoms with Gasteiger partial charge in [0, 0.05) is 10.3 Å². The van der Waals surface area contributed by atoms with Gasteiger partial charge in [-0.1, -0.05) is 6.07 Å². The van der Waals surface area contributed by atoms with Crippen molar-refractivity contribution in [2.45, 2.75) is 0 Å². The van der Waals surface area contributed by atoms with E-state index in [-0.39, 0.29) is 0 Å². The first-order chi connectivity index (χ1) is 6.93. The number of nitrogens with zero attached hydrogens (tertiary/aromatic N) is 1. The Bertz CT molecular complexity index is 551. The normalized spacial score (nSPS) is 10.9. The van der Waals surface area contributed by atoms with Crippen molar-refractivity contribution in [3.8, 4) is 11.3 Å². The van der Waals surface area contributed by atoms with Gasteiger partial charge in [-0.05, 0) is 29.0 Å². The molecule has 3 aromatic rings. The van der Waals surface area contributed by atoms with Crippen molar-refractivity contribution in [2.75, 3.05) is 0 Å². The van der Waals surface area contributed by atoms with Gasteiger partial charge >= 0.3 is 0 Å². The quantitative estimate of drug-likeness (QED) is 0.641. The van der Waals surface area contributed by atoms with Crippen molar-refractivity contribution in [2.24, 2.45) is 0 Å². The fraction of sp³-hybridized carbons (Fsp3) is 0. The van der Waals surface area contributed by atoms with E-state index in [9.17, 15) is 0 Å². The average Bonchev–Trinajstić information content (AvgIpc) is 2.88. The van der Waals surface area contributed by atoms with E-state index in [2.05, 4.69) is 39.6 Å². The Morgan fingerprint density at radius 1 is 1.21 bits per heavy atom. The molecule has 3 rings (SSSR count). The summed E-state index contributed by atoms with van der Waals surface area (Å²) in [5, 5.41) is 3.41. The van der Waals surface area contributed by atoms with Crippen LogP contribution in [0.3, 0.4) is 0 Å². The number of fused-ring (bicyclic) bond motifs is 1. The molecule has 14 heavy (non-hydrogen) atoms. The Balaban J connectivity index is 2.23. The van der Waals surface area contributed by atoms with E-state index in [1.165, 1.54) is 15.6 Å². The minimum Gasteiger partial charge on any atom is -0.345 e. The van der Waals surface area contributed by atoms with E-state index in [0.29, 0.717) is 0 Å². The maximum Gasteiger partial charge on any atom is 0.0924 e. The van der Waals surface area contributed by atoms with Crippen LogP contribution in [0.4, 0.5) is 0 Å². The molecule has 0 aliphatic heterocycles. The maximum atomic E-state index is 4.01. The summed E-state index contributed by atoms with van der Waals surface area (Å²) in [6, 6.07) is 8.59. The fourth-order valence-electron chi connectivity index (χ4n) is 1.55. The van der Waals surface area contributed by atoms with E-state index in [1.807, 2.05) is 6.20 Å². The standard InChI is InChI=1S/C11H8N2S/c1-2-11-9(3-4-14-11)5-8(1)10-6-12-7-13-10/h1-7H,(H,12,13). The van der Waals surface area contributed by atoms with Gasteiger partial charge in [-0.3, -0.25) is 0 Å². The molecule has 0 aliphatic carbocycles. The smallest absolute Gasteiger partial charge is 0.0924 e. The Kier molecular flexibility index (Phi) is 1.64. The van der Waals surface area contributed by atoms with Gasteiger partial charge in [0.2, 0.25) is 0 Å². The van der Waals surface area contributed by atoms with Crippen LogP contribution in [0.15, 0.2) is 42.2 Å². The van der Waals surface area contributed by atoms with Crippen molar-refractivity contribution in [1.29, 1.82) is 0 Å². The number of H-pyrrole nitrogens is 1. The number of nitrogens with one attached hydrogen (secondary N) is 1. The van der Waals surface area contributed by atoms with Crippen molar-refractivity contribution in [3.05, 3.63) is 42.2 Å². The zero-order chi connectivity index (χ0) is 9.38. The van der Waals surface area contributed by atoms with E-state index in [0.717, 1.165) is 5.69 Å². The molecule has 0 saturated carbocycles. The molecule has 0 saturated heterocycles. The van der Waals surface area contributed by atoms with Gasteiger partial charge in [0.05, 0.1) is 18.2 Å². The highest BCUT2D eigenvalue weighted by atomic mass is 32.1. The van der Waals surface area contributed by atoms with Crippen molar-refractivity contribution < 1.29 is 0 Å². The van der Waals surface area contributed by atoms with E-state index in [1.54, 1.807) is 17.7 Å². The van der Waals surface area contributed by atoms with Gasteiger partial charge in [0.15, 0.2) is 0 Å². The Hall–Kier alpha value is -1.61. The second-order valence-corrected chi connectivity index (χ2v) is 4.09.